The molecule has 4 heteroatoms. The lowest BCUT2D eigenvalue weighted by atomic mass is 9.82. The molecule has 0 spiro atoms. The molecule has 1 fully saturated rings. The van der Waals surface area contributed by atoms with Crippen LogP contribution in [0, 0.1) is 5.41 Å². The highest BCUT2D eigenvalue weighted by atomic mass is 15.5. The maximum Gasteiger partial charge on any atom is 0.181 e. The molecule has 0 N–H and O–H groups in total. The van der Waals surface area contributed by atoms with Crippen molar-refractivity contribution >= 4 is 0 Å². The third-order valence-corrected chi connectivity index (χ3v) is 4.27. The van der Waals surface area contributed by atoms with E-state index >= 15 is 0 Å². The summed E-state index contributed by atoms with van der Waals surface area (Å²) in [5.41, 5.74) is 3.00. The summed E-state index contributed by atoms with van der Waals surface area (Å²) in [6.07, 6.45) is 6.69. The number of tetrazole rings is 1. The first-order chi connectivity index (χ1) is 9.16. The normalized spacial score (nSPS) is 17.8. The number of hydrogen-bond acceptors (Lipinski definition) is 3. The average molecular weight is 256 g/mol. The average Bonchev–Trinajstić information content (AvgIpc) is 3.00. The summed E-state index contributed by atoms with van der Waals surface area (Å²) in [5, 5.41) is 11.6. The smallest absolute Gasteiger partial charge is 0.181 e. The molecule has 1 aliphatic carbocycles. The summed E-state index contributed by atoms with van der Waals surface area (Å²) >= 11 is 0. The molecule has 0 saturated heterocycles. The van der Waals surface area contributed by atoms with Crippen LogP contribution in [0.2, 0.25) is 0 Å². The fourth-order valence-corrected chi connectivity index (χ4v) is 3.14. The van der Waals surface area contributed by atoms with Crippen molar-refractivity contribution in [2.45, 2.75) is 39.0 Å². The highest BCUT2D eigenvalue weighted by molar-refractivity contribution is 5.54. The highest BCUT2D eigenvalue weighted by Crippen LogP contribution is 2.40. The Morgan fingerprint density at radius 3 is 2.42 bits per heavy atom. The van der Waals surface area contributed by atoms with Crippen molar-refractivity contribution in [2.75, 3.05) is 0 Å². The van der Waals surface area contributed by atoms with Crippen LogP contribution in [0.1, 0.15) is 38.2 Å². The van der Waals surface area contributed by atoms with E-state index in [2.05, 4.69) is 46.7 Å². The number of hydrogen-bond donors (Lipinski definition) is 0. The van der Waals surface area contributed by atoms with Crippen molar-refractivity contribution in [1.82, 2.24) is 20.2 Å². The number of rotatable bonds is 3. The van der Waals surface area contributed by atoms with E-state index in [1.54, 1.807) is 4.68 Å². The van der Waals surface area contributed by atoms with E-state index in [0.717, 1.165) is 11.4 Å². The van der Waals surface area contributed by atoms with Gasteiger partial charge in [0, 0.05) is 12.6 Å². The fraction of sp³-hybridized carbons (Fsp3) is 0.533. The van der Waals surface area contributed by atoms with Crippen LogP contribution in [-0.4, -0.2) is 20.2 Å². The van der Waals surface area contributed by atoms with Crippen molar-refractivity contribution in [2.24, 2.45) is 12.5 Å². The second-order valence-electron chi connectivity index (χ2n) is 6.02. The van der Waals surface area contributed by atoms with Crippen molar-refractivity contribution in [1.29, 1.82) is 0 Å². The van der Waals surface area contributed by atoms with E-state index in [-0.39, 0.29) is 0 Å². The summed E-state index contributed by atoms with van der Waals surface area (Å²) in [5.74, 6) is 0.818. The molecule has 0 atom stereocenters. The molecule has 0 unspecified atom stereocenters. The van der Waals surface area contributed by atoms with Crippen molar-refractivity contribution in [3.8, 4) is 11.4 Å². The van der Waals surface area contributed by atoms with Gasteiger partial charge in [0.05, 0.1) is 0 Å². The van der Waals surface area contributed by atoms with E-state index in [9.17, 15) is 0 Å². The topological polar surface area (TPSA) is 43.6 Å². The van der Waals surface area contributed by atoms with Crippen molar-refractivity contribution in [3.63, 3.8) is 0 Å². The van der Waals surface area contributed by atoms with Crippen LogP contribution >= 0.6 is 0 Å². The van der Waals surface area contributed by atoms with E-state index in [1.165, 1.54) is 37.7 Å². The predicted octanol–water partition coefficient (Wildman–Crippen LogP) is 3.00. The van der Waals surface area contributed by atoms with Crippen molar-refractivity contribution < 1.29 is 0 Å². The number of benzene rings is 1. The molecular formula is C15H20N4. The van der Waals surface area contributed by atoms with Gasteiger partial charge in [-0.1, -0.05) is 44.0 Å². The van der Waals surface area contributed by atoms with E-state index in [0.29, 0.717) is 5.41 Å². The Hall–Kier alpha value is -1.71. The van der Waals surface area contributed by atoms with Gasteiger partial charge in [-0.2, -0.15) is 0 Å². The van der Waals surface area contributed by atoms with E-state index in [1.807, 2.05) is 7.05 Å². The second-order valence-corrected chi connectivity index (χ2v) is 6.02. The molecule has 3 rings (SSSR count). The largest absolute Gasteiger partial charge is 0.229 e. The molecule has 0 amide bonds. The van der Waals surface area contributed by atoms with Crippen LogP contribution < -0.4 is 0 Å². The van der Waals surface area contributed by atoms with Crippen LogP contribution in [0.15, 0.2) is 24.3 Å². The van der Waals surface area contributed by atoms with Gasteiger partial charge in [-0.05, 0) is 40.7 Å². The molecule has 1 aliphatic rings. The Kier molecular flexibility index (Phi) is 3.09. The lowest BCUT2D eigenvalue weighted by Crippen LogP contribution is -2.14. The Labute approximate surface area is 113 Å². The van der Waals surface area contributed by atoms with Gasteiger partial charge >= 0.3 is 0 Å². The number of nitrogens with zero attached hydrogens (tertiary/aromatic N) is 4. The molecular weight excluding hydrogens is 236 g/mol. The molecule has 19 heavy (non-hydrogen) atoms. The lowest BCUT2D eigenvalue weighted by Gasteiger charge is -2.23. The van der Waals surface area contributed by atoms with Crippen LogP contribution in [0.25, 0.3) is 11.4 Å². The number of aromatic nitrogens is 4. The first-order valence-corrected chi connectivity index (χ1v) is 6.98. The van der Waals surface area contributed by atoms with Gasteiger partial charge < -0.3 is 0 Å². The molecule has 0 radical (unpaired) electrons. The van der Waals surface area contributed by atoms with Gasteiger partial charge in [0.1, 0.15) is 0 Å². The van der Waals surface area contributed by atoms with Crippen LogP contribution in [-0.2, 0) is 13.5 Å². The molecule has 0 bridgehead atoms. The van der Waals surface area contributed by atoms with Gasteiger partial charge in [-0.25, -0.2) is 4.68 Å². The highest BCUT2D eigenvalue weighted by Gasteiger charge is 2.28. The zero-order valence-corrected chi connectivity index (χ0v) is 11.6. The third kappa shape index (κ3) is 2.53. The summed E-state index contributed by atoms with van der Waals surface area (Å²) in [6, 6.07) is 8.68. The van der Waals surface area contributed by atoms with Gasteiger partial charge in [0.2, 0.25) is 0 Å². The molecule has 1 saturated carbocycles. The molecule has 1 aromatic carbocycles. The minimum atomic E-state index is 0.508. The number of aryl methyl sites for hydroxylation is 1. The van der Waals surface area contributed by atoms with Crippen LogP contribution in [0.4, 0.5) is 0 Å². The minimum absolute atomic E-state index is 0.508. The first kappa shape index (κ1) is 12.3. The summed E-state index contributed by atoms with van der Waals surface area (Å²) in [6.45, 7) is 2.42. The Balaban J connectivity index is 1.78. The van der Waals surface area contributed by atoms with Gasteiger partial charge in [0.15, 0.2) is 5.82 Å². The van der Waals surface area contributed by atoms with Crippen molar-refractivity contribution in [3.05, 3.63) is 29.8 Å². The SMILES string of the molecule is Cn1nnnc1-c1ccc(CC2(C)CCCC2)cc1. The molecule has 0 aliphatic heterocycles. The Bertz CT molecular complexity index is 550. The molecule has 1 aromatic heterocycles. The maximum absolute atomic E-state index is 4.03. The first-order valence-electron chi connectivity index (χ1n) is 6.98. The predicted molar refractivity (Wildman–Crippen MR) is 74.5 cm³/mol. The molecule has 2 aromatic rings. The molecule has 100 valence electrons. The monoisotopic (exact) mass is 256 g/mol. The zero-order chi connectivity index (χ0) is 13.3. The van der Waals surface area contributed by atoms with Crippen LogP contribution in [0.3, 0.4) is 0 Å². The Morgan fingerprint density at radius 1 is 1.16 bits per heavy atom. The minimum Gasteiger partial charge on any atom is -0.229 e. The lowest BCUT2D eigenvalue weighted by molar-refractivity contribution is 0.334. The molecule has 1 heterocycles. The standard InChI is InChI=1S/C15H20N4/c1-15(9-3-4-10-15)11-12-5-7-13(8-6-12)14-16-17-18-19(14)2/h5-8H,3-4,9-11H2,1-2H3. The Morgan fingerprint density at radius 2 is 1.84 bits per heavy atom. The second kappa shape index (κ2) is 4.76. The summed E-state index contributed by atoms with van der Waals surface area (Å²) in [7, 11) is 1.86. The zero-order valence-electron chi connectivity index (χ0n) is 11.6. The van der Waals surface area contributed by atoms with E-state index in [4.69, 9.17) is 0 Å². The maximum atomic E-state index is 4.03. The van der Waals surface area contributed by atoms with Gasteiger partial charge in [-0.3, -0.25) is 0 Å². The summed E-state index contributed by atoms with van der Waals surface area (Å²) < 4.78 is 1.70. The van der Waals surface area contributed by atoms with Gasteiger partial charge in [-0.15, -0.1) is 5.10 Å². The molecule has 4 nitrogen and oxygen atoms in total. The quantitative estimate of drug-likeness (QED) is 0.848. The van der Waals surface area contributed by atoms with Gasteiger partial charge in [0.25, 0.3) is 0 Å². The summed E-state index contributed by atoms with van der Waals surface area (Å²) in [4.78, 5) is 0. The van der Waals surface area contributed by atoms with E-state index < -0.39 is 0 Å². The van der Waals surface area contributed by atoms with Crippen LogP contribution in [0.5, 0.6) is 0 Å². The fourth-order valence-electron chi connectivity index (χ4n) is 3.14. The third-order valence-electron chi connectivity index (χ3n) is 4.27.